The van der Waals surface area contributed by atoms with Crippen molar-refractivity contribution in [1.29, 1.82) is 0 Å². The third-order valence-corrected chi connectivity index (χ3v) is 4.37. The Hall–Kier alpha value is -3.95. The van der Waals surface area contributed by atoms with Crippen LogP contribution >= 0.6 is 0 Å². The predicted molar refractivity (Wildman–Crippen MR) is 115 cm³/mol. The second-order valence-electron chi connectivity index (χ2n) is 6.32. The number of nitrogens with zero attached hydrogens (tertiary/aromatic N) is 1. The molecule has 9 heteroatoms. The lowest BCUT2D eigenvalue weighted by atomic mass is 10.0. The van der Waals surface area contributed by atoms with Gasteiger partial charge in [0.15, 0.2) is 0 Å². The number of ether oxygens (including phenoxy) is 1. The molecule has 0 spiro atoms. The van der Waals surface area contributed by atoms with Crippen LogP contribution in [0.3, 0.4) is 0 Å². The Labute approximate surface area is 172 Å². The van der Waals surface area contributed by atoms with Crippen molar-refractivity contribution in [3.63, 3.8) is 0 Å². The lowest BCUT2D eigenvalue weighted by Crippen LogP contribution is -2.15. The molecule has 0 heterocycles. The van der Waals surface area contributed by atoms with Gasteiger partial charge in [0.25, 0.3) is 5.91 Å². The highest BCUT2D eigenvalue weighted by atomic mass is 16.7. The minimum absolute atomic E-state index is 0.326. The van der Waals surface area contributed by atoms with Gasteiger partial charge in [-0.05, 0) is 46.8 Å². The minimum Gasteiger partial charge on any atom is -0.453 e. The Kier molecular flexibility index (Phi) is 6.58. The maximum Gasteiger partial charge on any atom is 0.411 e. The monoisotopic (exact) mass is 407 g/mol. The van der Waals surface area contributed by atoms with E-state index in [0.717, 1.165) is 10.9 Å². The molecule has 0 aliphatic rings. The number of carbonyl (C=O) groups excluding carboxylic acids is 2. The number of nitrogens with two attached hydrogens (primary N) is 2. The van der Waals surface area contributed by atoms with Gasteiger partial charge in [-0.3, -0.25) is 10.1 Å². The summed E-state index contributed by atoms with van der Waals surface area (Å²) in [5.41, 5.74) is 8.66. The molecule has 0 atom stereocenters. The summed E-state index contributed by atoms with van der Waals surface area (Å²) < 4.78 is 4.69. The molecule has 9 nitrogen and oxygen atoms in total. The molecule has 0 radical (unpaired) electrons. The molecule has 0 saturated heterocycles. The van der Waals surface area contributed by atoms with Crippen molar-refractivity contribution in [1.82, 2.24) is 0 Å². The summed E-state index contributed by atoms with van der Waals surface area (Å²) >= 11 is 0. The Morgan fingerprint density at radius 1 is 1.07 bits per heavy atom. The summed E-state index contributed by atoms with van der Waals surface area (Å²) in [6.07, 6.45) is 0.767. The van der Waals surface area contributed by atoms with Gasteiger partial charge in [0.05, 0.1) is 19.0 Å². The number of anilines is 2. The van der Waals surface area contributed by atoms with Crippen molar-refractivity contribution in [2.24, 2.45) is 16.8 Å². The number of nitrogens with one attached hydrogen (secondary N) is 2. The van der Waals surface area contributed by atoms with Crippen molar-refractivity contribution in [3.8, 4) is 0 Å². The lowest BCUT2D eigenvalue weighted by Gasteiger charge is -2.12. The zero-order chi connectivity index (χ0) is 21.5. The average Bonchev–Trinajstić information content (AvgIpc) is 2.77. The fourth-order valence-electron chi connectivity index (χ4n) is 2.87. The van der Waals surface area contributed by atoms with Gasteiger partial charge >= 0.3 is 6.09 Å². The maximum absolute atomic E-state index is 12.8. The first-order valence-electron chi connectivity index (χ1n) is 8.96. The molecule has 30 heavy (non-hydrogen) atoms. The molecule has 0 aliphatic carbocycles. The van der Waals surface area contributed by atoms with Gasteiger partial charge in [-0.15, -0.1) is 5.90 Å². The fourth-order valence-corrected chi connectivity index (χ4v) is 2.87. The second-order valence-corrected chi connectivity index (χ2v) is 6.32. The molecule has 0 aromatic heterocycles. The van der Waals surface area contributed by atoms with E-state index in [-0.39, 0.29) is 5.91 Å². The van der Waals surface area contributed by atoms with E-state index >= 15 is 0 Å². The van der Waals surface area contributed by atoms with Crippen LogP contribution in [0, 0.1) is 0 Å². The smallest absolute Gasteiger partial charge is 0.411 e. The van der Waals surface area contributed by atoms with E-state index in [0.29, 0.717) is 34.4 Å². The van der Waals surface area contributed by atoms with Crippen molar-refractivity contribution in [2.45, 2.75) is 6.54 Å². The van der Waals surface area contributed by atoms with Crippen molar-refractivity contribution in [2.75, 3.05) is 17.7 Å². The highest BCUT2D eigenvalue weighted by Gasteiger charge is 2.13. The Morgan fingerprint density at radius 2 is 1.83 bits per heavy atom. The van der Waals surface area contributed by atoms with Gasteiger partial charge in [0.1, 0.15) is 0 Å². The summed E-state index contributed by atoms with van der Waals surface area (Å²) in [4.78, 5) is 28.8. The van der Waals surface area contributed by atoms with E-state index < -0.39 is 6.09 Å². The molecular formula is C21H21N5O4. The highest BCUT2D eigenvalue weighted by molar-refractivity contribution is 6.11. The zero-order valence-electron chi connectivity index (χ0n) is 16.2. The number of fused-ring (bicyclic) bond motifs is 1. The molecule has 0 fully saturated rings. The molecule has 154 valence electrons. The molecule has 0 aliphatic heterocycles. The number of hydrogen-bond acceptors (Lipinski definition) is 7. The topological polar surface area (TPSA) is 141 Å². The Morgan fingerprint density at radius 3 is 2.50 bits per heavy atom. The largest absolute Gasteiger partial charge is 0.453 e. The van der Waals surface area contributed by atoms with Gasteiger partial charge < -0.3 is 20.7 Å². The van der Waals surface area contributed by atoms with E-state index in [1.54, 1.807) is 42.5 Å². The van der Waals surface area contributed by atoms with E-state index in [4.69, 9.17) is 16.4 Å². The molecule has 2 amide bonds. The van der Waals surface area contributed by atoms with Crippen LogP contribution in [0.2, 0.25) is 0 Å². The van der Waals surface area contributed by atoms with Crippen LogP contribution in [-0.2, 0) is 16.2 Å². The van der Waals surface area contributed by atoms with Crippen LogP contribution in [0.25, 0.3) is 10.8 Å². The highest BCUT2D eigenvalue weighted by Crippen LogP contribution is 2.27. The number of methoxy groups -OCH3 is 1. The van der Waals surface area contributed by atoms with Gasteiger partial charge in [-0.2, -0.15) is 0 Å². The van der Waals surface area contributed by atoms with Crippen LogP contribution in [0.1, 0.15) is 21.5 Å². The average molecular weight is 407 g/mol. The minimum atomic E-state index is -0.657. The summed E-state index contributed by atoms with van der Waals surface area (Å²) in [5.74, 6) is 4.59. The van der Waals surface area contributed by atoms with E-state index in [1.807, 2.05) is 12.1 Å². The Balaban J connectivity index is 1.98. The van der Waals surface area contributed by atoms with Crippen molar-refractivity contribution < 1.29 is 19.3 Å². The van der Waals surface area contributed by atoms with Crippen molar-refractivity contribution >= 4 is 40.4 Å². The standard InChI is InChI=1S/C21H21N5O4/c1-29-21(28)26-19-10-16(20(27)25-17-6-3-13(11-22)4-7-17)9-15-5-2-14(8-18(15)19)12-24-30-23/h2-10,12H,11,22-23H2,1H3,(H,25,27)(H,26,28)/b24-12+. The molecule has 0 saturated carbocycles. The molecule has 3 aromatic carbocycles. The van der Waals surface area contributed by atoms with E-state index in [1.165, 1.54) is 13.3 Å². The van der Waals surface area contributed by atoms with Gasteiger partial charge in [0, 0.05) is 23.2 Å². The third-order valence-electron chi connectivity index (χ3n) is 4.37. The summed E-state index contributed by atoms with van der Waals surface area (Å²) in [7, 11) is 1.26. The maximum atomic E-state index is 12.8. The summed E-state index contributed by atoms with van der Waals surface area (Å²) in [6.45, 7) is 0.422. The third kappa shape index (κ3) is 4.90. The molecule has 0 bridgehead atoms. The number of rotatable bonds is 6. The molecule has 6 N–H and O–H groups in total. The SMILES string of the molecule is COC(=O)Nc1cc(C(=O)Nc2ccc(CN)cc2)cc2ccc(/C=N/ON)cc12. The quantitative estimate of drug-likeness (QED) is 0.366. The van der Waals surface area contributed by atoms with Crippen LogP contribution in [0.5, 0.6) is 0 Å². The number of hydrogen-bond donors (Lipinski definition) is 4. The summed E-state index contributed by atoms with van der Waals surface area (Å²) in [5, 5.41) is 10.4. The van der Waals surface area contributed by atoms with Gasteiger partial charge in [-0.25, -0.2) is 4.79 Å². The number of carbonyl (C=O) groups is 2. The first kappa shape index (κ1) is 20.8. The molecule has 3 aromatic rings. The first-order valence-corrected chi connectivity index (χ1v) is 8.96. The van der Waals surface area contributed by atoms with Crippen LogP contribution in [0.4, 0.5) is 16.2 Å². The predicted octanol–water partition coefficient (Wildman–Crippen LogP) is 2.95. The van der Waals surface area contributed by atoms with E-state index in [2.05, 4.69) is 20.7 Å². The first-order chi connectivity index (χ1) is 14.5. The molecule has 0 unspecified atom stereocenters. The lowest BCUT2D eigenvalue weighted by molar-refractivity contribution is 0.102. The summed E-state index contributed by atoms with van der Waals surface area (Å²) in [6, 6.07) is 15.9. The number of oxime groups is 1. The number of benzene rings is 3. The van der Waals surface area contributed by atoms with Gasteiger partial charge in [0.2, 0.25) is 0 Å². The molecular weight excluding hydrogens is 386 g/mol. The Bertz CT molecular complexity index is 1100. The van der Waals surface area contributed by atoms with Crippen LogP contribution in [-0.4, -0.2) is 25.3 Å². The van der Waals surface area contributed by atoms with Crippen LogP contribution in [0.15, 0.2) is 59.8 Å². The van der Waals surface area contributed by atoms with Crippen molar-refractivity contribution in [3.05, 3.63) is 71.3 Å². The normalized spacial score (nSPS) is 10.8. The molecule has 3 rings (SSSR count). The van der Waals surface area contributed by atoms with Gasteiger partial charge in [-0.1, -0.05) is 29.4 Å². The zero-order valence-corrected chi connectivity index (χ0v) is 16.2. The number of amides is 2. The fraction of sp³-hybridized carbons (Fsp3) is 0.0952. The van der Waals surface area contributed by atoms with E-state index in [9.17, 15) is 9.59 Å². The van der Waals surface area contributed by atoms with Crippen LogP contribution < -0.4 is 22.3 Å². The second kappa shape index (κ2) is 9.50.